The minimum Gasteiger partial charge on any atom is -0.481 e. The van der Waals surface area contributed by atoms with Gasteiger partial charge in [-0.3, -0.25) is 9.59 Å². The van der Waals surface area contributed by atoms with Crippen LogP contribution in [0, 0.1) is 5.41 Å². The molecule has 136 valence electrons. The Labute approximate surface area is 150 Å². The average molecular weight is 343 g/mol. The van der Waals surface area contributed by atoms with Crippen LogP contribution in [0.25, 0.3) is 0 Å². The van der Waals surface area contributed by atoms with Crippen molar-refractivity contribution in [1.29, 1.82) is 0 Å². The number of hydrogen-bond acceptors (Lipinski definition) is 2. The summed E-state index contributed by atoms with van der Waals surface area (Å²) >= 11 is 0. The molecule has 2 N–H and O–H groups in total. The fourth-order valence-electron chi connectivity index (χ4n) is 4.40. The monoisotopic (exact) mass is 343 g/mol. The van der Waals surface area contributed by atoms with E-state index in [1.54, 1.807) is 0 Å². The maximum atomic E-state index is 12.5. The van der Waals surface area contributed by atoms with Crippen LogP contribution in [-0.2, 0) is 22.4 Å². The van der Waals surface area contributed by atoms with Crippen molar-refractivity contribution in [2.45, 2.75) is 77.2 Å². The molecule has 0 spiro atoms. The normalized spacial score (nSPS) is 20.4. The van der Waals surface area contributed by atoms with E-state index in [-0.39, 0.29) is 18.4 Å². The summed E-state index contributed by atoms with van der Waals surface area (Å²) in [6.07, 6.45) is 8.96. The van der Waals surface area contributed by atoms with Crippen LogP contribution >= 0.6 is 0 Å². The summed E-state index contributed by atoms with van der Waals surface area (Å²) in [5.41, 5.74) is 3.08. The number of aliphatic carboxylic acids is 1. The fraction of sp³-hybridized carbons (Fsp3) is 0.619. The highest BCUT2D eigenvalue weighted by Gasteiger charge is 2.41. The van der Waals surface area contributed by atoms with E-state index < -0.39 is 11.4 Å². The van der Waals surface area contributed by atoms with Gasteiger partial charge in [0.2, 0.25) is 5.91 Å². The van der Waals surface area contributed by atoms with Crippen molar-refractivity contribution in [1.82, 2.24) is 5.32 Å². The first kappa shape index (κ1) is 18.0. The fourth-order valence-corrected chi connectivity index (χ4v) is 4.40. The highest BCUT2D eigenvalue weighted by molar-refractivity contribution is 5.85. The van der Waals surface area contributed by atoms with E-state index in [0.29, 0.717) is 12.8 Å². The molecule has 0 heterocycles. The van der Waals surface area contributed by atoms with E-state index in [9.17, 15) is 14.7 Å². The summed E-state index contributed by atoms with van der Waals surface area (Å²) in [7, 11) is 0. The summed E-state index contributed by atoms with van der Waals surface area (Å²) in [6.45, 7) is 1.98. The molecular formula is C21H29NO3. The Bertz CT molecular complexity index is 647. The molecule has 1 amide bonds. The second-order valence-electron chi connectivity index (χ2n) is 7.85. The molecular weight excluding hydrogens is 314 g/mol. The first-order chi connectivity index (χ1) is 12.0. The largest absolute Gasteiger partial charge is 0.481 e. The van der Waals surface area contributed by atoms with Gasteiger partial charge in [-0.2, -0.15) is 0 Å². The van der Waals surface area contributed by atoms with E-state index in [1.807, 2.05) is 6.92 Å². The standard InChI is InChI=1S/C21H29NO3/c1-15(17-10-9-16-7-3-4-8-18(16)13-17)22-19(23)14-21(20(24)25)11-5-2-6-12-21/h9-10,13,15H,2-8,11-12,14H2,1H3,(H,22,23)(H,24,25)/t15-/m0/s1. The molecule has 1 fully saturated rings. The van der Waals surface area contributed by atoms with Crippen LogP contribution in [0.15, 0.2) is 18.2 Å². The number of rotatable bonds is 5. The molecule has 0 bridgehead atoms. The minimum atomic E-state index is -0.863. The number of fused-ring (bicyclic) bond motifs is 1. The van der Waals surface area contributed by atoms with Crippen molar-refractivity contribution in [3.8, 4) is 0 Å². The van der Waals surface area contributed by atoms with Crippen LogP contribution in [0.5, 0.6) is 0 Å². The van der Waals surface area contributed by atoms with Gasteiger partial charge >= 0.3 is 5.97 Å². The zero-order valence-corrected chi connectivity index (χ0v) is 15.1. The average Bonchev–Trinajstić information content (AvgIpc) is 2.61. The van der Waals surface area contributed by atoms with E-state index >= 15 is 0 Å². The first-order valence-electron chi connectivity index (χ1n) is 9.65. The van der Waals surface area contributed by atoms with E-state index in [4.69, 9.17) is 0 Å². The Morgan fingerprint density at radius 2 is 1.76 bits per heavy atom. The molecule has 1 atom stereocenters. The van der Waals surface area contributed by atoms with Crippen LogP contribution < -0.4 is 5.32 Å². The van der Waals surface area contributed by atoms with Gasteiger partial charge in [0.25, 0.3) is 0 Å². The van der Waals surface area contributed by atoms with E-state index in [2.05, 4.69) is 23.5 Å². The van der Waals surface area contributed by atoms with Gasteiger partial charge in [-0.25, -0.2) is 0 Å². The van der Waals surface area contributed by atoms with E-state index in [0.717, 1.165) is 37.7 Å². The molecule has 1 aromatic rings. The third-order valence-corrected chi connectivity index (χ3v) is 6.01. The minimum absolute atomic E-state index is 0.0887. The molecule has 4 nitrogen and oxygen atoms in total. The SMILES string of the molecule is C[C@H](NC(=O)CC1(C(=O)O)CCCCC1)c1ccc2c(c1)CCCC2. The molecule has 2 aliphatic rings. The lowest BCUT2D eigenvalue weighted by Crippen LogP contribution is -2.39. The highest BCUT2D eigenvalue weighted by atomic mass is 16.4. The van der Waals surface area contributed by atoms with Crippen molar-refractivity contribution in [3.63, 3.8) is 0 Å². The van der Waals surface area contributed by atoms with Gasteiger partial charge in [-0.15, -0.1) is 0 Å². The topological polar surface area (TPSA) is 66.4 Å². The van der Waals surface area contributed by atoms with Crippen molar-refractivity contribution in [3.05, 3.63) is 34.9 Å². The molecule has 0 unspecified atom stereocenters. The number of carbonyl (C=O) groups is 2. The van der Waals surface area contributed by atoms with Gasteiger partial charge in [0.05, 0.1) is 11.5 Å². The lowest BCUT2D eigenvalue weighted by molar-refractivity contribution is -0.154. The lowest BCUT2D eigenvalue weighted by Gasteiger charge is -2.33. The highest BCUT2D eigenvalue weighted by Crippen LogP contribution is 2.39. The van der Waals surface area contributed by atoms with Gasteiger partial charge < -0.3 is 10.4 Å². The Morgan fingerprint density at radius 3 is 2.44 bits per heavy atom. The maximum Gasteiger partial charge on any atom is 0.310 e. The zero-order valence-electron chi connectivity index (χ0n) is 15.1. The molecule has 0 radical (unpaired) electrons. The predicted octanol–water partition coefficient (Wildman–Crippen LogP) is 4.17. The first-order valence-corrected chi connectivity index (χ1v) is 9.65. The molecule has 0 saturated heterocycles. The molecule has 0 aromatic heterocycles. The molecule has 0 aliphatic heterocycles. The quantitative estimate of drug-likeness (QED) is 0.843. The van der Waals surface area contributed by atoms with E-state index in [1.165, 1.54) is 24.0 Å². The van der Waals surface area contributed by atoms with Crippen LogP contribution in [0.4, 0.5) is 0 Å². The van der Waals surface area contributed by atoms with Crippen molar-refractivity contribution < 1.29 is 14.7 Å². The molecule has 25 heavy (non-hydrogen) atoms. The van der Waals surface area contributed by atoms with Crippen LogP contribution in [-0.4, -0.2) is 17.0 Å². The van der Waals surface area contributed by atoms with Crippen LogP contribution in [0.1, 0.15) is 81.0 Å². The van der Waals surface area contributed by atoms with Crippen LogP contribution in [0.3, 0.4) is 0 Å². The lowest BCUT2D eigenvalue weighted by atomic mass is 9.71. The number of carbonyl (C=O) groups excluding carboxylic acids is 1. The number of aryl methyl sites for hydroxylation is 2. The second kappa shape index (κ2) is 7.59. The number of hydrogen-bond donors (Lipinski definition) is 2. The van der Waals surface area contributed by atoms with Crippen LogP contribution in [0.2, 0.25) is 0 Å². The summed E-state index contributed by atoms with van der Waals surface area (Å²) in [4.78, 5) is 24.3. The number of carboxylic acid groups (broad SMARTS) is 1. The molecule has 3 rings (SSSR count). The second-order valence-corrected chi connectivity index (χ2v) is 7.85. The Hall–Kier alpha value is -1.84. The number of amides is 1. The van der Waals surface area contributed by atoms with Crippen molar-refractivity contribution in [2.75, 3.05) is 0 Å². The Balaban J connectivity index is 1.65. The summed E-state index contributed by atoms with van der Waals surface area (Å²) < 4.78 is 0. The predicted molar refractivity (Wildman–Crippen MR) is 97.4 cm³/mol. The summed E-state index contributed by atoms with van der Waals surface area (Å²) in [5.74, 6) is -0.960. The van der Waals surface area contributed by atoms with Gasteiger partial charge in [-0.05, 0) is 62.1 Å². The summed E-state index contributed by atoms with van der Waals surface area (Å²) in [5, 5.41) is 12.7. The van der Waals surface area contributed by atoms with Gasteiger partial charge in [0.1, 0.15) is 0 Å². The molecule has 1 aromatic carbocycles. The van der Waals surface area contributed by atoms with Crippen molar-refractivity contribution in [2.24, 2.45) is 5.41 Å². The smallest absolute Gasteiger partial charge is 0.310 e. The van der Waals surface area contributed by atoms with Gasteiger partial charge in [-0.1, -0.05) is 37.5 Å². The summed E-state index contributed by atoms with van der Waals surface area (Å²) in [6, 6.07) is 6.41. The number of carboxylic acids is 1. The van der Waals surface area contributed by atoms with Crippen molar-refractivity contribution >= 4 is 11.9 Å². The third kappa shape index (κ3) is 4.05. The van der Waals surface area contributed by atoms with Gasteiger partial charge in [0, 0.05) is 6.42 Å². The molecule has 2 aliphatic carbocycles. The number of benzene rings is 1. The number of nitrogens with one attached hydrogen (secondary N) is 1. The van der Waals surface area contributed by atoms with Gasteiger partial charge in [0.15, 0.2) is 0 Å². The molecule has 4 heteroatoms. The maximum absolute atomic E-state index is 12.5. The Morgan fingerprint density at radius 1 is 1.08 bits per heavy atom. The zero-order chi connectivity index (χ0) is 17.9. The third-order valence-electron chi connectivity index (χ3n) is 6.01. The molecule has 1 saturated carbocycles. The Kier molecular flexibility index (Phi) is 5.45.